The lowest BCUT2D eigenvalue weighted by atomic mass is 10.0. The van der Waals surface area contributed by atoms with Crippen molar-refractivity contribution in [3.63, 3.8) is 0 Å². The van der Waals surface area contributed by atoms with Gasteiger partial charge in [0, 0.05) is 55.4 Å². The Morgan fingerprint density at radius 2 is 1.95 bits per heavy atom. The average Bonchev–Trinajstić information content (AvgIpc) is 3.34. The normalized spacial score (nSPS) is 22.6. The van der Waals surface area contributed by atoms with Gasteiger partial charge in [-0.25, -0.2) is 11.0 Å². The van der Waals surface area contributed by atoms with Crippen molar-refractivity contribution in [3.8, 4) is 6.01 Å². The number of anilines is 2. The van der Waals surface area contributed by atoms with Crippen LogP contribution < -0.4 is 14.5 Å². The predicted molar refractivity (Wildman–Crippen MR) is 162 cm³/mol. The number of fused-ring (bicyclic) bond motifs is 2. The molecule has 0 bridgehead atoms. The van der Waals surface area contributed by atoms with Crippen LogP contribution in [0.1, 0.15) is 17.7 Å². The summed E-state index contributed by atoms with van der Waals surface area (Å²) in [6.45, 7) is 15.0. The van der Waals surface area contributed by atoms with Gasteiger partial charge in [-0.2, -0.15) is 9.97 Å². The summed E-state index contributed by atoms with van der Waals surface area (Å²) in [6, 6.07) is 14.7. The molecule has 1 unspecified atom stereocenters. The molecule has 0 radical (unpaired) electrons. The Labute approximate surface area is 246 Å². The number of halogens is 1. The third-order valence-electron chi connectivity index (χ3n) is 8.71. The second kappa shape index (κ2) is 11.9. The number of rotatable bonds is 7. The Hall–Kier alpha value is -4.23. The van der Waals surface area contributed by atoms with Gasteiger partial charge >= 0.3 is 6.01 Å². The molecule has 10 heteroatoms. The van der Waals surface area contributed by atoms with Crippen LogP contribution in [0.2, 0.25) is 0 Å². The molecule has 2 fully saturated rings. The van der Waals surface area contributed by atoms with E-state index in [1.165, 1.54) is 16.8 Å². The topological polar surface area (TPSA) is 69.4 Å². The van der Waals surface area contributed by atoms with Crippen molar-refractivity contribution in [2.75, 3.05) is 62.7 Å². The summed E-state index contributed by atoms with van der Waals surface area (Å²) in [4.78, 5) is 34.2. The Bertz CT molecular complexity index is 1520. The number of amides is 1. The number of hydrogen-bond donors (Lipinski definition) is 0. The Morgan fingerprint density at radius 1 is 1.12 bits per heavy atom. The molecule has 0 spiro atoms. The summed E-state index contributed by atoms with van der Waals surface area (Å²) in [5.74, 6) is 0.644. The van der Waals surface area contributed by atoms with E-state index in [0.29, 0.717) is 45.8 Å². The maximum absolute atomic E-state index is 14.0. The number of benzene rings is 2. The van der Waals surface area contributed by atoms with E-state index in [0.717, 1.165) is 35.7 Å². The van der Waals surface area contributed by atoms with E-state index in [1.54, 1.807) is 4.90 Å². The summed E-state index contributed by atoms with van der Waals surface area (Å²) in [5, 5.41) is 2.39. The zero-order chi connectivity index (χ0) is 29.2. The number of piperazine rings is 1. The molecular formula is C32H36FN7O2. The van der Waals surface area contributed by atoms with Crippen LogP contribution in [0.3, 0.4) is 0 Å². The van der Waals surface area contributed by atoms with E-state index in [9.17, 15) is 9.18 Å². The zero-order valence-corrected chi connectivity index (χ0v) is 24.0. The Balaban J connectivity index is 1.32. The molecule has 9 nitrogen and oxygen atoms in total. The molecule has 0 aliphatic carbocycles. The summed E-state index contributed by atoms with van der Waals surface area (Å²) >= 11 is 0. The van der Waals surface area contributed by atoms with Gasteiger partial charge in [-0.15, -0.1) is 0 Å². The molecule has 6 rings (SSSR count). The molecule has 4 heterocycles. The smallest absolute Gasteiger partial charge is 0.318 e. The fourth-order valence-electron chi connectivity index (χ4n) is 6.50. The second-order valence-corrected chi connectivity index (χ2v) is 11.3. The molecular weight excluding hydrogens is 533 g/mol. The third-order valence-corrected chi connectivity index (χ3v) is 8.71. The standard InChI is InChI=1S/C32H36FN7O2/c1-4-30(41)40-15-14-39(19-25(40)17-34-2)31-27-12-13-38(29-11-7-9-22-8-5-6-10-26(22)29)20-28(27)35-32(36-31)42-21-24-16-23(33)18-37(24)3/h4-11,23-25H,1,12-21H2,3H3/t23-,24+,25?/m1/s1. The lowest BCUT2D eigenvalue weighted by Crippen LogP contribution is -2.56. The fraction of sp³-hybridized carbons (Fsp3) is 0.438. The summed E-state index contributed by atoms with van der Waals surface area (Å²) in [6.07, 6.45) is 1.64. The predicted octanol–water partition coefficient (Wildman–Crippen LogP) is 3.74. The maximum Gasteiger partial charge on any atom is 0.318 e. The first-order valence-corrected chi connectivity index (χ1v) is 14.6. The quantitative estimate of drug-likeness (QED) is 0.317. The highest BCUT2D eigenvalue weighted by Crippen LogP contribution is 2.35. The molecule has 3 atom stereocenters. The minimum atomic E-state index is -0.855. The van der Waals surface area contributed by atoms with E-state index in [2.05, 4.69) is 63.7 Å². The minimum Gasteiger partial charge on any atom is -0.462 e. The van der Waals surface area contributed by atoms with Crippen molar-refractivity contribution < 1.29 is 13.9 Å². The van der Waals surface area contributed by atoms with Crippen LogP contribution in [0.25, 0.3) is 15.6 Å². The number of carbonyl (C=O) groups excluding carboxylic acids is 1. The van der Waals surface area contributed by atoms with E-state index >= 15 is 0 Å². The lowest BCUT2D eigenvalue weighted by Gasteiger charge is -2.41. The number of likely N-dealkylation sites (tertiary alicyclic amines) is 1. The molecule has 42 heavy (non-hydrogen) atoms. The average molecular weight is 570 g/mol. The largest absolute Gasteiger partial charge is 0.462 e. The number of ether oxygens (including phenoxy) is 1. The molecule has 0 N–H and O–H groups in total. The van der Waals surface area contributed by atoms with Crippen LogP contribution in [0, 0.1) is 6.57 Å². The number of hydrogen-bond acceptors (Lipinski definition) is 7. The van der Waals surface area contributed by atoms with Crippen molar-refractivity contribution in [1.82, 2.24) is 19.8 Å². The highest BCUT2D eigenvalue weighted by Gasteiger charge is 2.35. The first kappa shape index (κ1) is 27.9. The molecule has 2 aromatic carbocycles. The van der Waals surface area contributed by atoms with Crippen molar-refractivity contribution in [1.29, 1.82) is 0 Å². The van der Waals surface area contributed by atoms with Crippen LogP contribution in [-0.4, -0.2) is 96.9 Å². The van der Waals surface area contributed by atoms with Gasteiger partial charge in [0.25, 0.3) is 0 Å². The van der Waals surface area contributed by atoms with Crippen LogP contribution in [-0.2, 0) is 17.8 Å². The van der Waals surface area contributed by atoms with E-state index in [1.807, 2.05) is 11.9 Å². The van der Waals surface area contributed by atoms with Gasteiger partial charge in [0.1, 0.15) is 24.6 Å². The van der Waals surface area contributed by atoms with Crippen LogP contribution in [0.15, 0.2) is 55.1 Å². The lowest BCUT2D eigenvalue weighted by molar-refractivity contribution is -0.128. The van der Waals surface area contributed by atoms with E-state index in [4.69, 9.17) is 21.3 Å². The molecule has 218 valence electrons. The summed E-state index contributed by atoms with van der Waals surface area (Å²) < 4.78 is 20.2. The van der Waals surface area contributed by atoms with Crippen molar-refractivity contribution >= 4 is 28.2 Å². The van der Waals surface area contributed by atoms with Gasteiger partial charge in [-0.05, 0) is 37.4 Å². The van der Waals surface area contributed by atoms with Gasteiger partial charge in [0.2, 0.25) is 12.5 Å². The van der Waals surface area contributed by atoms with Crippen LogP contribution in [0.4, 0.5) is 15.9 Å². The Morgan fingerprint density at radius 3 is 2.74 bits per heavy atom. The molecule has 3 aliphatic rings. The number of aromatic nitrogens is 2. The number of carbonyl (C=O) groups is 1. The molecule has 1 aromatic heterocycles. The summed E-state index contributed by atoms with van der Waals surface area (Å²) in [5.41, 5.74) is 3.14. The van der Waals surface area contributed by atoms with E-state index in [-0.39, 0.29) is 30.5 Å². The molecule has 0 saturated carbocycles. The van der Waals surface area contributed by atoms with Crippen molar-refractivity contribution in [2.45, 2.75) is 37.6 Å². The monoisotopic (exact) mass is 569 g/mol. The van der Waals surface area contributed by atoms with Gasteiger partial charge in [-0.1, -0.05) is 43.0 Å². The van der Waals surface area contributed by atoms with E-state index < -0.39 is 6.17 Å². The third kappa shape index (κ3) is 5.49. The fourth-order valence-corrected chi connectivity index (χ4v) is 6.50. The molecule has 2 saturated heterocycles. The second-order valence-electron chi connectivity index (χ2n) is 11.3. The molecule has 3 aromatic rings. The first-order chi connectivity index (χ1) is 20.4. The number of nitrogens with zero attached hydrogens (tertiary/aromatic N) is 7. The Kier molecular flexibility index (Phi) is 7.94. The van der Waals surface area contributed by atoms with Crippen molar-refractivity contribution in [3.05, 3.63) is 77.8 Å². The molecule has 3 aliphatic heterocycles. The SMILES string of the molecule is [C-]#[N+]CC1CN(c2nc(OC[C@@H]3C[C@@H](F)CN3C)nc3c2CCN(c2cccc4ccccc24)C3)CCN1C(=O)C=C. The highest BCUT2D eigenvalue weighted by atomic mass is 19.1. The van der Waals surface area contributed by atoms with Crippen LogP contribution >= 0.6 is 0 Å². The highest BCUT2D eigenvalue weighted by molar-refractivity contribution is 5.94. The van der Waals surface area contributed by atoms with Gasteiger partial charge in [0.05, 0.1) is 12.2 Å². The zero-order valence-electron chi connectivity index (χ0n) is 24.0. The molecule has 1 amide bonds. The minimum absolute atomic E-state index is 0.0354. The first-order valence-electron chi connectivity index (χ1n) is 14.6. The van der Waals surface area contributed by atoms with Gasteiger partial charge in [-0.3, -0.25) is 9.69 Å². The van der Waals surface area contributed by atoms with Crippen LogP contribution in [0.5, 0.6) is 6.01 Å². The summed E-state index contributed by atoms with van der Waals surface area (Å²) in [7, 11) is 1.91. The number of alkyl halides is 1. The van der Waals surface area contributed by atoms with Gasteiger partial charge in [0.15, 0.2) is 0 Å². The van der Waals surface area contributed by atoms with Crippen molar-refractivity contribution in [2.24, 2.45) is 0 Å². The van der Waals surface area contributed by atoms with Gasteiger partial charge < -0.3 is 24.3 Å². The number of likely N-dealkylation sites (N-methyl/N-ethyl adjacent to an activating group) is 1. The maximum atomic E-state index is 14.0.